The van der Waals surface area contributed by atoms with E-state index in [9.17, 15) is 9.59 Å². The molecule has 0 radical (unpaired) electrons. The third kappa shape index (κ3) is 4.02. The number of rotatable bonds is 5. The Hall–Kier alpha value is -2.62. The Morgan fingerprint density at radius 2 is 1.67 bits per heavy atom. The molecule has 0 saturated heterocycles. The maximum Gasteiger partial charge on any atom is 0.316 e. The molecule has 0 aliphatic carbocycles. The smallest absolute Gasteiger partial charge is 0.316 e. The normalized spacial score (nSPS) is 11.0. The molecule has 2 aromatic rings. The van der Waals surface area contributed by atoms with Crippen molar-refractivity contribution in [3.8, 4) is 0 Å². The van der Waals surface area contributed by atoms with Gasteiger partial charge < -0.3 is 10.1 Å². The van der Waals surface area contributed by atoms with Crippen molar-refractivity contribution in [2.45, 2.75) is 33.1 Å². The molecule has 0 aromatic heterocycles. The van der Waals surface area contributed by atoms with Gasteiger partial charge in [-0.3, -0.25) is 9.59 Å². The molecule has 0 fully saturated rings. The van der Waals surface area contributed by atoms with Crippen LogP contribution >= 0.6 is 0 Å². The van der Waals surface area contributed by atoms with Crippen LogP contribution in [0.4, 0.5) is 5.69 Å². The summed E-state index contributed by atoms with van der Waals surface area (Å²) >= 11 is 0. The molecule has 0 aliphatic rings. The first kappa shape index (κ1) is 17.7. The molecule has 4 heteroatoms. The van der Waals surface area contributed by atoms with Crippen LogP contribution in [0.2, 0.25) is 0 Å². The van der Waals surface area contributed by atoms with Gasteiger partial charge in [-0.05, 0) is 50.5 Å². The van der Waals surface area contributed by atoms with E-state index in [2.05, 4.69) is 5.32 Å². The quantitative estimate of drug-likeness (QED) is 0.852. The van der Waals surface area contributed by atoms with Crippen molar-refractivity contribution >= 4 is 17.6 Å². The van der Waals surface area contributed by atoms with Gasteiger partial charge in [0.05, 0.1) is 5.41 Å². The van der Waals surface area contributed by atoms with Gasteiger partial charge in [-0.2, -0.15) is 0 Å². The second-order valence-corrected chi connectivity index (χ2v) is 6.36. The van der Waals surface area contributed by atoms with E-state index in [4.69, 9.17) is 4.74 Å². The van der Waals surface area contributed by atoms with Crippen molar-refractivity contribution in [3.63, 3.8) is 0 Å². The first-order valence-corrected chi connectivity index (χ1v) is 7.91. The molecule has 0 spiro atoms. The number of anilines is 1. The topological polar surface area (TPSA) is 55.4 Å². The number of carbonyl (C=O) groups excluding carboxylic acids is 2. The minimum Gasteiger partial charge on any atom is -0.455 e. The third-order valence-electron chi connectivity index (χ3n) is 4.22. The number of hydrogen-bond donors (Lipinski definition) is 1. The van der Waals surface area contributed by atoms with E-state index >= 15 is 0 Å². The van der Waals surface area contributed by atoms with Crippen LogP contribution in [-0.2, 0) is 19.7 Å². The van der Waals surface area contributed by atoms with Gasteiger partial charge in [0.2, 0.25) is 0 Å². The molecule has 2 rings (SSSR count). The molecule has 0 unspecified atom stereocenters. The molecular formula is C20H23NO3. The summed E-state index contributed by atoms with van der Waals surface area (Å²) in [4.78, 5) is 24.4. The second-order valence-electron chi connectivity index (χ2n) is 6.36. The van der Waals surface area contributed by atoms with E-state index in [-0.39, 0.29) is 12.5 Å². The van der Waals surface area contributed by atoms with Crippen LogP contribution in [0, 0.1) is 13.8 Å². The summed E-state index contributed by atoms with van der Waals surface area (Å²) < 4.78 is 5.21. The van der Waals surface area contributed by atoms with Crippen molar-refractivity contribution < 1.29 is 14.3 Å². The number of ether oxygens (including phenoxy) is 1. The van der Waals surface area contributed by atoms with E-state index < -0.39 is 11.4 Å². The first-order valence-electron chi connectivity index (χ1n) is 7.91. The van der Waals surface area contributed by atoms with E-state index in [1.807, 2.05) is 62.4 Å². The Labute approximate surface area is 142 Å². The molecule has 1 amide bonds. The average Bonchev–Trinajstić information content (AvgIpc) is 2.57. The summed E-state index contributed by atoms with van der Waals surface area (Å²) in [6.45, 7) is 7.19. The molecule has 0 bridgehead atoms. The van der Waals surface area contributed by atoms with Crippen LogP contribution < -0.4 is 5.32 Å². The predicted molar refractivity (Wildman–Crippen MR) is 95.0 cm³/mol. The number of carbonyl (C=O) groups is 2. The Bertz CT molecular complexity index is 736. The maximum atomic E-state index is 12.3. The molecule has 2 aromatic carbocycles. The van der Waals surface area contributed by atoms with E-state index in [1.165, 1.54) is 0 Å². The lowest BCUT2D eigenvalue weighted by Gasteiger charge is -2.23. The zero-order valence-electron chi connectivity index (χ0n) is 14.6. The number of benzene rings is 2. The zero-order valence-corrected chi connectivity index (χ0v) is 14.6. The monoisotopic (exact) mass is 325 g/mol. The predicted octanol–water partition coefficient (Wildman–Crippen LogP) is 3.76. The van der Waals surface area contributed by atoms with Gasteiger partial charge in [0, 0.05) is 5.69 Å². The Morgan fingerprint density at radius 3 is 2.33 bits per heavy atom. The highest BCUT2D eigenvalue weighted by Gasteiger charge is 2.31. The lowest BCUT2D eigenvalue weighted by molar-refractivity contribution is -0.152. The Morgan fingerprint density at radius 1 is 1.00 bits per heavy atom. The highest BCUT2D eigenvalue weighted by Crippen LogP contribution is 2.24. The lowest BCUT2D eigenvalue weighted by Crippen LogP contribution is -2.33. The largest absolute Gasteiger partial charge is 0.455 e. The van der Waals surface area contributed by atoms with Gasteiger partial charge in [-0.1, -0.05) is 42.5 Å². The SMILES string of the molecule is Cc1cccc(NC(=O)COC(=O)C(C)(C)c2ccccc2)c1C. The van der Waals surface area contributed by atoms with Crippen LogP contribution in [0.5, 0.6) is 0 Å². The molecule has 24 heavy (non-hydrogen) atoms. The fourth-order valence-electron chi connectivity index (χ4n) is 2.36. The second kappa shape index (κ2) is 7.30. The molecule has 0 atom stereocenters. The molecule has 0 aliphatic heterocycles. The molecule has 0 heterocycles. The number of aryl methyl sites for hydroxylation is 1. The van der Waals surface area contributed by atoms with E-state index in [0.717, 1.165) is 22.4 Å². The van der Waals surface area contributed by atoms with Gasteiger partial charge in [0.25, 0.3) is 5.91 Å². The minimum atomic E-state index is -0.805. The van der Waals surface area contributed by atoms with Crippen LogP contribution in [0.25, 0.3) is 0 Å². The van der Waals surface area contributed by atoms with E-state index in [1.54, 1.807) is 13.8 Å². The fourth-order valence-corrected chi connectivity index (χ4v) is 2.36. The standard InChI is InChI=1S/C20H23NO3/c1-14-9-8-12-17(15(14)2)21-18(22)13-24-19(23)20(3,4)16-10-6-5-7-11-16/h5-12H,13H2,1-4H3,(H,21,22). The van der Waals surface area contributed by atoms with Crippen LogP contribution in [0.15, 0.2) is 48.5 Å². The van der Waals surface area contributed by atoms with Gasteiger partial charge in [0.1, 0.15) is 0 Å². The molecule has 1 N–H and O–H groups in total. The summed E-state index contributed by atoms with van der Waals surface area (Å²) in [6.07, 6.45) is 0. The minimum absolute atomic E-state index is 0.303. The van der Waals surface area contributed by atoms with Gasteiger partial charge in [0.15, 0.2) is 6.61 Å². The fraction of sp³-hybridized carbons (Fsp3) is 0.300. The number of nitrogens with one attached hydrogen (secondary N) is 1. The summed E-state index contributed by atoms with van der Waals surface area (Å²) in [5.74, 6) is -0.772. The van der Waals surface area contributed by atoms with Crippen LogP contribution in [-0.4, -0.2) is 18.5 Å². The summed E-state index contributed by atoms with van der Waals surface area (Å²) in [7, 11) is 0. The summed E-state index contributed by atoms with van der Waals surface area (Å²) in [5.41, 5.74) is 2.88. The lowest BCUT2D eigenvalue weighted by atomic mass is 9.85. The van der Waals surface area contributed by atoms with Crippen LogP contribution in [0.1, 0.15) is 30.5 Å². The third-order valence-corrected chi connectivity index (χ3v) is 4.22. The molecule has 4 nitrogen and oxygen atoms in total. The highest BCUT2D eigenvalue weighted by atomic mass is 16.5. The highest BCUT2D eigenvalue weighted by molar-refractivity contribution is 5.94. The van der Waals surface area contributed by atoms with E-state index in [0.29, 0.717) is 0 Å². The van der Waals surface area contributed by atoms with Crippen molar-refractivity contribution in [2.24, 2.45) is 0 Å². The van der Waals surface area contributed by atoms with Crippen molar-refractivity contribution in [1.29, 1.82) is 0 Å². The first-order chi connectivity index (χ1) is 11.3. The number of hydrogen-bond acceptors (Lipinski definition) is 3. The number of esters is 1. The molecule has 0 saturated carbocycles. The van der Waals surface area contributed by atoms with Crippen molar-refractivity contribution in [2.75, 3.05) is 11.9 Å². The van der Waals surface area contributed by atoms with Crippen LogP contribution in [0.3, 0.4) is 0 Å². The van der Waals surface area contributed by atoms with Crippen molar-refractivity contribution in [1.82, 2.24) is 0 Å². The maximum absolute atomic E-state index is 12.3. The molecular weight excluding hydrogens is 302 g/mol. The Kier molecular flexibility index (Phi) is 5.39. The zero-order chi connectivity index (χ0) is 17.7. The van der Waals surface area contributed by atoms with Crippen molar-refractivity contribution in [3.05, 3.63) is 65.2 Å². The summed E-state index contributed by atoms with van der Waals surface area (Å²) in [5, 5.41) is 2.78. The van der Waals surface area contributed by atoms with Gasteiger partial charge in [-0.25, -0.2) is 0 Å². The average molecular weight is 325 g/mol. The number of amides is 1. The van der Waals surface area contributed by atoms with Gasteiger partial charge in [-0.15, -0.1) is 0 Å². The molecule has 126 valence electrons. The Balaban J connectivity index is 1.96. The van der Waals surface area contributed by atoms with Gasteiger partial charge >= 0.3 is 5.97 Å². The summed E-state index contributed by atoms with van der Waals surface area (Å²) in [6, 6.07) is 15.1.